The quantitative estimate of drug-likeness (QED) is 0.647. The Morgan fingerprint density at radius 1 is 1.15 bits per heavy atom. The highest BCUT2D eigenvalue weighted by molar-refractivity contribution is 5.83. The fourth-order valence-electron chi connectivity index (χ4n) is 3.17. The highest BCUT2D eigenvalue weighted by Gasteiger charge is 2.38. The summed E-state index contributed by atoms with van der Waals surface area (Å²) in [5.74, 6) is 1.19. The van der Waals surface area contributed by atoms with Crippen molar-refractivity contribution in [3.63, 3.8) is 0 Å². The molecule has 1 aliphatic carbocycles. The molecular formula is C15H16F2N8O. The van der Waals surface area contributed by atoms with Gasteiger partial charge < -0.3 is 4.90 Å². The molecule has 2 atom stereocenters. The van der Waals surface area contributed by atoms with Gasteiger partial charge in [0.05, 0.1) is 6.54 Å². The van der Waals surface area contributed by atoms with Crippen LogP contribution in [0.1, 0.15) is 42.4 Å². The molecule has 0 aromatic carbocycles. The number of rotatable bonds is 4. The van der Waals surface area contributed by atoms with Gasteiger partial charge in [-0.25, -0.2) is 28.1 Å². The van der Waals surface area contributed by atoms with Crippen LogP contribution in [-0.2, 0) is 6.54 Å². The molecule has 11 heteroatoms. The molecule has 0 amide bonds. The van der Waals surface area contributed by atoms with E-state index in [0.29, 0.717) is 34.2 Å². The summed E-state index contributed by atoms with van der Waals surface area (Å²) in [5, 5.41) is 15.9. The maximum atomic E-state index is 14.3. The fraction of sp³-hybridized carbons (Fsp3) is 0.600. The number of fused-ring (bicyclic) bond motifs is 1. The molecule has 1 saturated heterocycles. The topological polar surface area (TPSA) is 98.6 Å². The number of aryl methyl sites for hydroxylation is 1. The van der Waals surface area contributed by atoms with Crippen LogP contribution in [0, 0.1) is 6.92 Å². The number of hydrogen-bond donors (Lipinski definition) is 0. The number of aromatic nitrogens is 7. The summed E-state index contributed by atoms with van der Waals surface area (Å²) in [6.45, 7) is 2.30. The number of halogens is 2. The van der Waals surface area contributed by atoms with Crippen molar-refractivity contribution in [3.05, 3.63) is 17.2 Å². The number of alkyl halides is 2. The molecule has 1 aliphatic heterocycles. The number of hydrogen-bond acceptors (Lipinski definition) is 8. The second-order valence-corrected chi connectivity index (χ2v) is 6.77. The summed E-state index contributed by atoms with van der Waals surface area (Å²) in [6.07, 6.45) is -1.15. The van der Waals surface area contributed by atoms with Gasteiger partial charge in [0, 0.05) is 18.9 Å². The lowest BCUT2D eigenvalue weighted by molar-refractivity contribution is 0.199. The van der Waals surface area contributed by atoms with E-state index in [-0.39, 0.29) is 25.4 Å². The summed E-state index contributed by atoms with van der Waals surface area (Å²) in [7, 11) is 0. The lowest BCUT2D eigenvalue weighted by atomic mass is 10.3. The third-order valence-electron chi connectivity index (χ3n) is 4.86. The van der Waals surface area contributed by atoms with Gasteiger partial charge in [-0.3, -0.25) is 0 Å². The van der Waals surface area contributed by atoms with Crippen molar-refractivity contribution in [1.29, 1.82) is 0 Å². The van der Waals surface area contributed by atoms with Crippen LogP contribution in [-0.4, -0.2) is 54.3 Å². The van der Waals surface area contributed by atoms with Crippen molar-refractivity contribution >= 4 is 17.0 Å². The normalized spacial score (nSPS) is 23.3. The zero-order valence-corrected chi connectivity index (χ0v) is 14.0. The van der Waals surface area contributed by atoms with Crippen molar-refractivity contribution in [2.75, 3.05) is 11.4 Å². The molecule has 2 aliphatic rings. The predicted molar refractivity (Wildman–Crippen MR) is 85.0 cm³/mol. The van der Waals surface area contributed by atoms with Gasteiger partial charge in [-0.05, 0) is 19.8 Å². The molecule has 4 heterocycles. The van der Waals surface area contributed by atoms with Crippen LogP contribution >= 0.6 is 0 Å². The third-order valence-corrected chi connectivity index (χ3v) is 4.86. The van der Waals surface area contributed by atoms with Gasteiger partial charge >= 0.3 is 0 Å². The molecule has 3 aromatic rings. The summed E-state index contributed by atoms with van der Waals surface area (Å²) in [6, 6.07) is 0. The average molecular weight is 362 g/mol. The van der Waals surface area contributed by atoms with Gasteiger partial charge in [0.1, 0.15) is 17.2 Å². The first-order valence-corrected chi connectivity index (χ1v) is 8.56. The van der Waals surface area contributed by atoms with E-state index >= 15 is 0 Å². The molecule has 3 aromatic heterocycles. The van der Waals surface area contributed by atoms with E-state index in [1.807, 2.05) is 0 Å². The van der Waals surface area contributed by atoms with Gasteiger partial charge in [-0.15, -0.1) is 5.10 Å². The van der Waals surface area contributed by atoms with Gasteiger partial charge in [-0.1, -0.05) is 15.5 Å². The first-order valence-electron chi connectivity index (χ1n) is 8.56. The van der Waals surface area contributed by atoms with E-state index < -0.39 is 12.5 Å². The van der Waals surface area contributed by atoms with E-state index in [9.17, 15) is 8.78 Å². The molecule has 26 heavy (non-hydrogen) atoms. The SMILES string of the molecule is Cc1nonc1Cn1nnc2c(N3CCC(F)C3F)nc(C3CC3)nc21. The summed E-state index contributed by atoms with van der Waals surface area (Å²) >= 11 is 0. The highest BCUT2D eigenvalue weighted by atomic mass is 19.2. The van der Waals surface area contributed by atoms with Crippen LogP contribution in [0.5, 0.6) is 0 Å². The van der Waals surface area contributed by atoms with Gasteiger partial charge in [0.2, 0.25) is 6.30 Å². The molecule has 2 fully saturated rings. The molecule has 0 radical (unpaired) electrons. The first kappa shape index (κ1) is 15.5. The average Bonchev–Trinajstić information content (AvgIpc) is 3.18. The Bertz CT molecular complexity index is 968. The molecular weight excluding hydrogens is 346 g/mol. The lowest BCUT2D eigenvalue weighted by Crippen LogP contribution is -2.30. The van der Waals surface area contributed by atoms with Crippen LogP contribution in [0.3, 0.4) is 0 Å². The predicted octanol–water partition coefficient (Wildman–Crippen LogP) is 1.68. The van der Waals surface area contributed by atoms with Crippen LogP contribution in [0.25, 0.3) is 11.2 Å². The molecule has 9 nitrogen and oxygen atoms in total. The zero-order valence-electron chi connectivity index (χ0n) is 14.0. The third kappa shape index (κ3) is 2.41. The smallest absolute Gasteiger partial charge is 0.205 e. The molecule has 0 bridgehead atoms. The van der Waals surface area contributed by atoms with Crippen molar-refractivity contribution in [1.82, 2.24) is 35.3 Å². The van der Waals surface area contributed by atoms with E-state index in [1.165, 1.54) is 4.90 Å². The van der Waals surface area contributed by atoms with Crippen molar-refractivity contribution in [3.8, 4) is 0 Å². The second-order valence-electron chi connectivity index (χ2n) is 6.77. The van der Waals surface area contributed by atoms with Crippen molar-refractivity contribution in [2.45, 2.75) is 51.1 Å². The zero-order chi connectivity index (χ0) is 17.8. The van der Waals surface area contributed by atoms with Gasteiger partial charge in [0.15, 0.2) is 23.2 Å². The van der Waals surface area contributed by atoms with Gasteiger partial charge in [0.25, 0.3) is 0 Å². The maximum Gasteiger partial charge on any atom is 0.205 e. The van der Waals surface area contributed by atoms with Crippen molar-refractivity contribution in [2.24, 2.45) is 0 Å². The van der Waals surface area contributed by atoms with Crippen LogP contribution < -0.4 is 4.90 Å². The van der Waals surface area contributed by atoms with Crippen LogP contribution in [0.2, 0.25) is 0 Å². The molecule has 2 unspecified atom stereocenters. The Hall–Kier alpha value is -2.72. The monoisotopic (exact) mass is 362 g/mol. The second kappa shape index (κ2) is 5.64. The van der Waals surface area contributed by atoms with Crippen molar-refractivity contribution < 1.29 is 13.4 Å². The maximum absolute atomic E-state index is 14.3. The molecule has 136 valence electrons. The molecule has 0 N–H and O–H groups in total. The fourth-order valence-corrected chi connectivity index (χ4v) is 3.17. The minimum atomic E-state index is -1.73. The summed E-state index contributed by atoms with van der Waals surface area (Å²) in [4.78, 5) is 10.4. The van der Waals surface area contributed by atoms with Gasteiger partial charge in [-0.2, -0.15) is 0 Å². The molecule has 5 rings (SSSR count). The largest absolute Gasteiger partial charge is 0.322 e. The standard InChI is InChI=1S/C15H16F2N8O/c1-7-10(22-26-21-7)6-25-15-11(20-23-25)14(18-13(19-15)8-2-3-8)24-5-4-9(16)12(24)17/h8-9,12H,2-6H2,1H3. The summed E-state index contributed by atoms with van der Waals surface area (Å²) < 4.78 is 34.3. The Labute approximate surface area is 146 Å². The van der Waals surface area contributed by atoms with E-state index in [0.717, 1.165) is 12.8 Å². The highest BCUT2D eigenvalue weighted by Crippen LogP contribution is 2.40. The van der Waals surface area contributed by atoms with E-state index in [1.54, 1.807) is 11.6 Å². The Balaban J connectivity index is 1.62. The lowest BCUT2D eigenvalue weighted by Gasteiger charge is -2.20. The molecule has 0 spiro atoms. The van der Waals surface area contributed by atoms with E-state index in [4.69, 9.17) is 4.63 Å². The first-order chi connectivity index (χ1) is 12.6. The Kier molecular flexibility index (Phi) is 3.37. The minimum absolute atomic E-state index is 0.128. The Morgan fingerprint density at radius 2 is 2.00 bits per heavy atom. The molecule has 1 saturated carbocycles. The summed E-state index contributed by atoms with van der Waals surface area (Å²) in [5.41, 5.74) is 2.10. The number of anilines is 1. The number of nitrogens with zero attached hydrogens (tertiary/aromatic N) is 8. The minimum Gasteiger partial charge on any atom is -0.322 e. The van der Waals surface area contributed by atoms with E-state index in [2.05, 4.69) is 30.6 Å². The van der Waals surface area contributed by atoms with Crippen LogP contribution in [0.15, 0.2) is 4.63 Å². The Morgan fingerprint density at radius 3 is 2.65 bits per heavy atom. The van der Waals surface area contributed by atoms with Crippen LogP contribution in [0.4, 0.5) is 14.6 Å².